The van der Waals surface area contributed by atoms with Crippen LogP contribution in [0.4, 0.5) is 0 Å². The van der Waals surface area contributed by atoms with Gasteiger partial charge in [0.2, 0.25) is 0 Å². The van der Waals surface area contributed by atoms with Crippen molar-refractivity contribution in [3.05, 3.63) is 23.2 Å². The van der Waals surface area contributed by atoms with Crippen molar-refractivity contribution >= 4 is 0 Å². The summed E-state index contributed by atoms with van der Waals surface area (Å²) in [4.78, 5) is 0. The van der Waals surface area contributed by atoms with Crippen LogP contribution in [0.1, 0.15) is 36.5 Å². The smallest absolute Gasteiger partial charge is 0.132 e. The molecule has 1 N–H and O–H groups in total. The van der Waals surface area contributed by atoms with Crippen LogP contribution in [0.25, 0.3) is 0 Å². The van der Waals surface area contributed by atoms with Crippen LogP contribution in [0.3, 0.4) is 0 Å². The molecule has 1 unspecified atom stereocenters. The van der Waals surface area contributed by atoms with E-state index in [0.29, 0.717) is 12.2 Å². The molecule has 0 aromatic carbocycles. The topological polar surface area (TPSA) is 33.4 Å². The summed E-state index contributed by atoms with van der Waals surface area (Å²) in [7, 11) is 0. The van der Waals surface area contributed by atoms with Crippen LogP contribution in [-0.2, 0) is 0 Å². The molecular formula is C9H14O2. The highest BCUT2D eigenvalue weighted by Gasteiger charge is 2.10. The van der Waals surface area contributed by atoms with Crippen molar-refractivity contribution in [2.24, 2.45) is 0 Å². The van der Waals surface area contributed by atoms with Crippen molar-refractivity contribution in [3.63, 3.8) is 0 Å². The zero-order chi connectivity index (χ0) is 8.43. The zero-order valence-corrected chi connectivity index (χ0v) is 7.22. The highest BCUT2D eigenvalue weighted by molar-refractivity contribution is 5.19. The van der Waals surface area contributed by atoms with E-state index in [0.717, 1.165) is 11.3 Å². The van der Waals surface area contributed by atoms with Crippen molar-refractivity contribution in [1.82, 2.24) is 0 Å². The van der Waals surface area contributed by atoms with Gasteiger partial charge < -0.3 is 9.52 Å². The molecule has 1 atom stereocenters. The van der Waals surface area contributed by atoms with E-state index in [1.165, 1.54) is 0 Å². The molecule has 0 aliphatic rings. The van der Waals surface area contributed by atoms with Gasteiger partial charge in [-0.3, -0.25) is 0 Å². The monoisotopic (exact) mass is 154 g/mol. The van der Waals surface area contributed by atoms with Gasteiger partial charge in [-0.1, -0.05) is 6.92 Å². The summed E-state index contributed by atoms with van der Waals surface area (Å²) in [6.07, 6.45) is 0.259. The molecule has 0 radical (unpaired) electrons. The first-order chi connectivity index (χ1) is 5.15. The molecule has 11 heavy (non-hydrogen) atoms. The summed E-state index contributed by atoms with van der Waals surface area (Å²) < 4.78 is 5.32. The van der Waals surface area contributed by atoms with E-state index < -0.39 is 6.10 Å². The molecule has 1 rings (SSSR count). The average molecular weight is 154 g/mol. The van der Waals surface area contributed by atoms with Crippen molar-refractivity contribution in [2.75, 3.05) is 0 Å². The third-order valence-electron chi connectivity index (χ3n) is 1.90. The maximum absolute atomic E-state index is 9.37. The Bertz CT molecular complexity index is 218. The largest absolute Gasteiger partial charge is 0.463 e. The molecule has 0 saturated heterocycles. The third-order valence-corrected chi connectivity index (χ3v) is 1.90. The fourth-order valence-electron chi connectivity index (χ4n) is 0.967. The Morgan fingerprint density at radius 1 is 1.55 bits per heavy atom. The molecule has 2 nitrogen and oxygen atoms in total. The second kappa shape index (κ2) is 3.09. The molecular weight excluding hydrogens is 140 g/mol. The molecule has 0 saturated carbocycles. The Balaban J connectivity index is 2.88. The SMILES string of the molecule is CCC(O)c1cc(C)c(C)o1. The van der Waals surface area contributed by atoms with Gasteiger partial charge in [-0.15, -0.1) is 0 Å². The predicted molar refractivity (Wildman–Crippen MR) is 43.4 cm³/mol. The van der Waals surface area contributed by atoms with E-state index in [9.17, 15) is 5.11 Å². The van der Waals surface area contributed by atoms with E-state index in [1.807, 2.05) is 26.8 Å². The summed E-state index contributed by atoms with van der Waals surface area (Å²) in [6.45, 7) is 5.81. The van der Waals surface area contributed by atoms with Gasteiger partial charge in [-0.25, -0.2) is 0 Å². The molecule has 0 spiro atoms. The summed E-state index contributed by atoms with van der Waals surface area (Å²) in [6, 6.07) is 1.89. The fraction of sp³-hybridized carbons (Fsp3) is 0.556. The van der Waals surface area contributed by atoms with E-state index in [4.69, 9.17) is 4.42 Å². The van der Waals surface area contributed by atoms with Crippen molar-refractivity contribution < 1.29 is 9.52 Å². The second-order valence-corrected chi connectivity index (χ2v) is 2.81. The lowest BCUT2D eigenvalue weighted by Crippen LogP contribution is -1.91. The maximum atomic E-state index is 9.37. The minimum atomic E-state index is -0.442. The first kappa shape index (κ1) is 8.34. The molecule has 1 aromatic rings. The summed E-state index contributed by atoms with van der Waals surface area (Å²) in [5.41, 5.74) is 1.10. The number of aliphatic hydroxyl groups is 1. The minimum Gasteiger partial charge on any atom is -0.463 e. The highest BCUT2D eigenvalue weighted by Crippen LogP contribution is 2.21. The van der Waals surface area contributed by atoms with Crippen LogP contribution >= 0.6 is 0 Å². The Hall–Kier alpha value is -0.760. The summed E-state index contributed by atoms with van der Waals surface area (Å²) >= 11 is 0. The van der Waals surface area contributed by atoms with Crippen molar-refractivity contribution in [3.8, 4) is 0 Å². The van der Waals surface area contributed by atoms with E-state index in [-0.39, 0.29) is 0 Å². The van der Waals surface area contributed by atoms with Gasteiger partial charge in [0.15, 0.2) is 0 Å². The zero-order valence-electron chi connectivity index (χ0n) is 7.22. The molecule has 1 heterocycles. The fourth-order valence-corrected chi connectivity index (χ4v) is 0.967. The number of aryl methyl sites for hydroxylation is 2. The Morgan fingerprint density at radius 3 is 2.55 bits per heavy atom. The molecule has 0 fully saturated rings. The van der Waals surface area contributed by atoms with Crippen LogP contribution in [-0.4, -0.2) is 5.11 Å². The highest BCUT2D eigenvalue weighted by atomic mass is 16.4. The van der Waals surface area contributed by atoms with Crippen LogP contribution < -0.4 is 0 Å². The number of aliphatic hydroxyl groups excluding tert-OH is 1. The van der Waals surface area contributed by atoms with Crippen LogP contribution in [0.2, 0.25) is 0 Å². The predicted octanol–water partition coefficient (Wildman–Crippen LogP) is 2.34. The van der Waals surface area contributed by atoms with Crippen LogP contribution in [0, 0.1) is 13.8 Å². The molecule has 0 bridgehead atoms. The summed E-state index contributed by atoms with van der Waals surface area (Å²) in [5.74, 6) is 1.58. The lowest BCUT2D eigenvalue weighted by molar-refractivity contribution is 0.144. The van der Waals surface area contributed by atoms with Crippen LogP contribution in [0.5, 0.6) is 0 Å². The van der Waals surface area contributed by atoms with Gasteiger partial charge in [-0.05, 0) is 31.9 Å². The number of rotatable bonds is 2. The molecule has 0 amide bonds. The van der Waals surface area contributed by atoms with Crippen LogP contribution in [0.15, 0.2) is 10.5 Å². The standard InChI is InChI=1S/C9H14O2/c1-4-8(10)9-5-6(2)7(3)11-9/h5,8,10H,4H2,1-3H3. The second-order valence-electron chi connectivity index (χ2n) is 2.81. The minimum absolute atomic E-state index is 0.442. The van der Waals surface area contributed by atoms with Gasteiger partial charge >= 0.3 is 0 Å². The number of furan rings is 1. The lowest BCUT2D eigenvalue weighted by atomic mass is 10.2. The maximum Gasteiger partial charge on any atom is 0.132 e. The first-order valence-corrected chi connectivity index (χ1v) is 3.90. The lowest BCUT2D eigenvalue weighted by Gasteiger charge is -2.01. The molecule has 0 aliphatic carbocycles. The van der Waals surface area contributed by atoms with Gasteiger partial charge in [0.05, 0.1) is 0 Å². The average Bonchev–Trinajstić information content (AvgIpc) is 2.31. The van der Waals surface area contributed by atoms with Crippen molar-refractivity contribution in [1.29, 1.82) is 0 Å². The molecule has 62 valence electrons. The van der Waals surface area contributed by atoms with Gasteiger partial charge in [0, 0.05) is 0 Å². The van der Waals surface area contributed by atoms with E-state index >= 15 is 0 Å². The van der Waals surface area contributed by atoms with E-state index in [1.54, 1.807) is 0 Å². The Labute approximate surface area is 66.8 Å². The normalized spacial score (nSPS) is 13.5. The van der Waals surface area contributed by atoms with Gasteiger partial charge in [0.1, 0.15) is 17.6 Å². The van der Waals surface area contributed by atoms with Gasteiger partial charge in [-0.2, -0.15) is 0 Å². The molecule has 2 heteroatoms. The summed E-state index contributed by atoms with van der Waals surface area (Å²) in [5, 5.41) is 9.37. The van der Waals surface area contributed by atoms with Gasteiger partial charge in [0.25, 0.3) is 0 Å². The third kappa shape index (κ3) is 1.63. The van der Waals surface area contributed by atoms with Crippen molar-refractivity contribution in [2.45, 2.75) is 33.3 Å². The van der Waals surface area contributed by atoms with E-state index in [2.05, 4.69) is 0 Å². The quantitative estimate of drug-likeness (QED) is 0.709. The Morgan fingerprint density at radius 2 is 2.18 bits per heavy atom. The number of hydrogen-bond donors (Lipinski definition) is 1. The molecule has 1 aromatic heterocycles. The molecule has 0 aliphatic heterocycles. The first-order valence-electron chi connectivity index (χ1n) is 3.90. The number of hydrogen-bond acceptors (Lipinski definition) is 2. The Kier molecular flexibility index (Phi) is 2.35.